The van der Waals surface area contributed by atoms with E-state index in [0.29, 0.717) is 10.6 Å². The van der Waals surface area contributed by atoms with Gasteiger partial charge in [-0.1, -0.05) is 54.7 Å². The second-order valence-electron chi connectivity index (χ2n) is 6.58. The van der Waals surface area contributed by atoms with Crippen molar-refractivity contribution in [3.63, 3.8) is 0 Å². The van der Waals surface area contributed by atoms with Gasteiger partial charge in [-0.2, -0.15) is 0 Å². The zero-order valence-electron chi connectivity index (χ0n) is 15.8. The Kier molecular flexibility index (Phi) is 5.14. The highest BCUT2D eigenvalue weighted by molar-refractivity contribution is 7.10. The fraction of sp³-hybridized carbons (Fsp3) is 0.136. The molecule has 0 saturated heterocycles. The molecule has 2 N–H and O–H groups in total. The molecule has 7 heteroatoms. The summed E-state index contributed by atoms with van der Waals surface area (Å²) in [5, 5.41) is 13.2. The van der Waals surface area contributed by atoms with E-state index in [2.05, 4.69) is 17.2 Å². The Morgan fingerprint density at radius 3 is 2.76 bits per heavy atom. The summed E-state index contributed by atoms with van der Waals surface area (Å²) in [4.78, 5) is 29.1. The SMILES string of the molecule is CCc1cccc2c1N=CC2=Cc1sc(=O)n(CC(=O)Nc2ccccc2)c1O. The number of para-hydroxylation sites is 2. The molecule has 0 aliphatic carbocycles. The summed E-state index contributed by atoms with van der Waals surface area (Å²) in [6.07, 6.45) is 4.35. The van der Waals surface area contributed by atoms with Crippen molar-refractivity contribution in [3.8, 4) is 5.88 Å². The summed E-state index contributed by atoms with van der Waals surface area (Å²) in [6.45, 7) is 1.81. The molecular weight excluding hydrogens is 386 g/mol. The van der Waals surface area contributed by atoms with E-state index in [1.54, 1.807) is 36.6 Å². The molecule has 2 aromatic carbocycles. The Labute approximate surface area is 171 Å². The molecule has 0 saturated carbocycles. The van der Waals surface area contributed by atoms with Gasteiger partial charge in [0, 0.05) is 23.0 Å². The maximum atomic E-state index is 12.3. The third-order valence-electron chi connectivity index (χ3n) is 4.68. The number of benzene rings is 2. The van der Waals surface area contributed by atoms with Crippen molar-refractivity contribution in [1.29, 1.82) is 0 Å². The van der Waals surface area contributed by atoms with Crippen LogP contribution in [-0.4, -0.2) is 21.8 Å². The zero-order valence-corrected chi connectivity index (χ0v) is 16.6. The molecule has 0 unspecified atom stereocenters. The number of nitrogens with zero attached hydrogens (tertiary/aromatic N) is 2. The van der Waals surface area contributed by atoms with Crippen LogP contribution < -0.4 is 10.2 Å². The normalized spacial score (nSPS) is 13.6. The van der Waals surface area contributed by atoms with Gasteiger partial charge in [0.05, 0.1) is 10.6 Å². The Morgan fingerprint density at radius 2 is 2.00 bits per heavy atom. The average molecular weight is 405 g/mol. The van der Waals surface area contributed by atoms with Crippen molar-refractivity contribution < 1.29 is 9.90 Å². The number of carbonyl (C=O) groups excluding carboxylic acids is 1. The summed E-state index contributed by atoms with van der Waals surface area (Å²) in [5.41, 5.74) is 4.50. The predicted molar refractivity (Wildman–Crippen MR) is 117 cm³/mol. The van der Waals surface area contributed by atoms with Crippen molar-refractivity contribution in [2.45, 2.75) is 19.9 Å². The van der Waals surface area contributed by atoms with E-state index in [9.17, 15) is 14.7 Å². The molecule has 1 amide bonds. The number of amides is 1. The number of thiazole rings is 1. The largest absolute Gasteiger partial charge is 0.493 e. The number of carbonyl (C=O) groups is 1. The molecule has 0 bridgehead atoms. The van der Waals surface area contributed by atoms with Gasteiger partial charge in [0.2, 0.25) is 11.8 Å². The highest BCUT2D eigenvalue weighted by atomic mass is 32.1. The van der Waals surface area contributed by atoms with Gasteiger partial charge >= 0.3 is 4.87 Å². The number of aliphatic imine (C=N–C) groups is 1. The number of aromatic hydroxyl groups is 1. The molecule has 4 rings (SSSR count). The fourth-order valence-corrected chi connectivity index (χ4v) is 4.07. The minimum absolute atomic E-state index is 0.218. The molecule has 6 nitrogen and oxygen atoms in total. The third kappa shape index (κ3) is 3.77. The fourth-order valence-electron chi connectivity index (χ4n) is 3.24. The molecule has 1 aromatic heterocycles. The third-order valence-corrected chi connectivity index (χ3v) is 5.60. The summed E-state index contributed by atoms with van der Waals surface area (Å²) < 4.78 is 1.07. The molecule has 0 spiro atoms. The lowest BCUT2D eigenvalue weighted by Gasteiger charge is -2.06. The first kappa shape index (κ1) is 18.9. The van der Waals surface area contributed by atoms with E-state index < -0.39 is 4.87 Å². The van der Waals surface area contributed by atoms with Crippen LogP contribution in [0.25, 0.3) is 11.6 Å². The van der Waals surface area contributed by atoms with Gasteiger partial charge in [-0.15, -0.1) is 0 Å². The van der Waals surface area contributed by atoms with E-state index >= 15 is 0 Å². The van der Waals surface area contributed by atoms with Gasteiger partial charge < -0.3 is 10.4 Å². The quantitative estimate of drug-likeness (QED) is 0.671. The molecule has 0 radical (unpaired) electrons. The molecule has 1 aliphatic rings. The van der Waals surface area contributed by atoms with Crippen LogP contribution in [0.2, 0.25) is 0 Å². The smallest absolute Gasteiger partial charge is 0.311 e. The van der Waals surface area contributed by atoms with Crippen molar-refractivity contribution in [1.82, 2.24) is 4.57 Å². The lowest BCUT2D eigenvalue weighted by atomic mass is 10.0. The summed E-state index contributed by atoms with van der Waals surface area (Å²) in [5.74, 6) is -0.602. The van der Waals surface area contributed by atoms with Crippen LogP contribution in [0.15, 0.2) is 58.3 Å². The van der Waals surface area contributed by atoms with Gasteiger partial charge in [0.25, 0.3) is 0 Å². The molecular formula is C22H19N3O3S. The van der Waals surface area contributed by atoms with Gasteiger partial charge in [-0.3, -0.25) is 19.1 Å². The first-order valence-electron chi connectivity index (χ1n) is 9.22. The molecule has 29 heavy (non-hydrogen) atoms. The van der Waals surface area contributed by atoms with Crippen LogP contribution in [0, 0.1) is 0 Å². The van der Waals surface area contributed by atoms with Crippen LogP contribution in [-0.2, 0) is 17.8 Å². The van der Waals surface area contributed by atoms with Crippen LogP contribution in [0.3, 0.4) is 0 Å². The Hall–Kier alpha value is -3.45. The van der Waals surface area contributed by atoms with Gasteiger partial charge in [-0.25, -0.2) is 0 Å². The van der Waals surface area contributed by atoms with E-state index in [-0.39, 0.29) is 18.3 Å². The van der Waals surface area contributed by atoms with Crippen molar-refractivity contribution >= 4 is 46.5 Å². The Morgan fingerprint density at radius 1 is 1.21 bits per heavy atom. The number of hydrogen-bond acceptors (Lipinski definition) is 5. The zero-order chi connectivity index (χ0) is 20.4. The average Bonchev–Trinajstić information content (AvgIpc) is 3.25. The van der Waals surface area contributed by atoms with Crippen molar-refractivity contribution in [2.24, 2.45) is 4.99 Å². The van der Waals surface area contributed by atoms with Gasteiger partial charge in [0.15, 0.2) is 0 Å². The number of nitrogens with one attached hydrogen (secondary N) is 1. The molecule has 146 valence electrons. The number of allylic oxidation sites excluding steroid dienone is 1. The number of hydrogen-bond donors (Lipinski definition) is 2. The van der Waals surface area contributed by atoms with Crippen LogP contribution in [0.4, 0.5) is 11.4 Å². The number of fused-ring (bicyclic) bond motifs is 1. The number of rotatable bonds is 5. The standard InChI is InChI=1S/C22H19N3O3S/c1-2-14-7-6-10-17-15(12-23-20(14)17)11-18-21(27)25(22(28)29-18)13-19(26)24-16-8-4-3-5-9-16/h3-12,27H,2,13H2,1H3,(H,24,26). The summed E-state index contributed by atoms with van der Waals surface area (Å²) in [7, 11) is 0. The van der Waals surface area contributed by atoms with E-state index in [1.165, 1.54) is 0 Å². The Bertz CT molecular complexity index is 1190. The van der Waals surface area contributed by atoms with Crippen molar-refractivity contribution in [2.75, 3.05) is 5.32 Å². The topological polar surface area (TPSA) is 83.7 Å². The summed E-state index contributed by atoms with van der Waals surface area (Å²) >= 11 is 0.900. The molecule has 0 atom stereocenters. The van der Waals surface area contributed by atoms with E-state index in [1.807, 2.05) is 24.3 Å². The van der Waals surface area contributed by atoms with Crippen LogP contribution in [0.1, 0.15) is 22.9 Å². The highest BCUT2D eigenvalue weighted by Crippen LogP contribution is 2.37. The molecule has 1 aliphatic heterocycles. The minimum Gasteiger partial charge on any atom is -0.493 e. The number of anilines is 1. The lowest BCUT2D eigenvalue weighted by molar-refractivity contribution is -0.116. The Balaban J connectivity index is 1.59. The second kappa shape index (κ2) is 7.89. The van der Waals surface area contributed by atoms with Crippen LogP contribution >= 0.6 is 11.3 Å². The number of aryl methyl sites for hydroxylation is 1. The lowest BCUT2D eigenvalue weighted by Crippen LogP contribution is -2.23. The second-order valence-corrected chi connectivity index (χ2v) is 7.57. The highest BCUT2D eigenvalue weighted by Gasteiger charge is 2.19. The van der Waals surface area contributed by atoms with Crippen molar-refractivity contribution in [3.05, 3.63) is 74.2 Å². The molecule has 3 aromatic rings. The molecule has 2 heterocycles. The maximum Gasteiger partial charge on any atom is 0.311 e. The monoisotopic (exact) mass is 405 g/mol. The predicted octanol–water partition coefficient (Wildman–Crippen LogP) is 4.07. The van der Waals surface area contributed by atoms with E-state index in [4.69, 9.17) is 0 Å². The number of aromatic nitrogens is 1. The molecule has 0 fully saturated rings. The maximum absolute atomic E-state index is 12.3. The minimum atomic E-state index is -0.393. The van der Waals surface area contributed by atoms with Gasteiger partial charge in [-0.05, 0) is 30.2 Å². The summed E-state index contributed by atoms with van der Waals surface area (Å²) in [6, 6.07) is 14.9. The van der Waals surface area contributed by atoms with Crippen LogP contribution in [0.5, 0.6) is 5.88 Å². The first-order valence-corrected chi connectivity index (χ1v) is 10.0. The first-order chi connectivity index (χ1) is 14.1. The van der Waals surface area contributed by atoms with Gasteiger partial charge in [0.1, 0.15) is 6.54 Å². The van der Waals surface area contributed by atoms with E-state index in [0.717, 1.165) is 44.7 Å².